The predicted octanol–water partition coefficient (Wildman–Crippen LogP) is 3.76. The highest BCUT2D eigenvalue weighted by Gasteiger charge is 2.29. The van der Waals surface area contributed by atoms with Gasteiger partial charge in [0, 0.05) is 17.5 Å². The molecule has 0 bridgehead atoms. The standard InChI is InChI=1S/C23H23N3O5S/c1-6-31-22(29)14-12(4)32-19(18(14)27)15-16-20(26(5)23(30)25-21(16)28)24-17(15)13-8-7-10(2)11(3)9-13/h7-9,24,27H,6H2,1-5H3,(H,25,28,30). The lowest BCUT2D eigenvalue weighted by Gasteiger charge is -2.07. The molecule has 0 aliphatic heterocycles. The molecule has 0 amide bonds. The molecule has 0 unspecified atom stereocenters. The van der Waals surface area contributed by atoms with Crippen LogP contribution in [-0.2, 0) is 11.8 Å². The van der Waals surface area contributed by atoms with Gasteiger partial charge >= 0.3 is 11.7 Å². The minimum Gasteiger partial charge on any atom is -0.505 e. The van der Waals surface area contributed by atoms with Gasteiger partial charge in [0.15, 0.2) is 0 Å². The lowest BCUT2D eigenvalue weighted by molar-refractivity contribution is 0.0523. The van der Waals surface area contributed by atoms with E-state index in [1.54, 1.807) is 20.9 Å². The summed E-state index contributed by atoms with van der Waals surface area (Å²) in [6.07, 6.45) is 0. The summed E-state index contributed by atoms with van der Waals surface area (Å²) < 4.78 is 6.41. The van der Waals surface area contributed by atoms with Crippen molar-refractivity contribution >= 4 is 28.3 Å². The molecule has 0 fully saturated rings. The molecular weight excluding hydrogens is 430 g/mol. The molecule has 32 heavy (non-hydrogen) atoms. The summed E-state index contributed by atoms with van der Waals surface area (Å²) >= 11 is 1.19. The number of aromatic hydroxyl groups is 1. The number of benzene rings is 1. The summed E-state index contributed by atoms with van der Waals surface area (Å²) in [5.74, 6) is -0.871. The van der Waals surface area contributed by atoms with E-state index in [0.717, 1.165) is 16.7 Å². The fourth-order valence-corrected chi connectivity index (χ4v) is 4.88. The van der Waals surface area contributed by atoms with Crippen LogP contribution in [0.15, 0.2) is 27.8 Å². The number of aromatic nitrogens is 3. The Labute approximate surface area is 187 Å². The molecule has 9 heteroatoms. The number of rotatable bonds is 4. The molecule has 0 atom stereocenters. The molecule has 0 spiro atoms. The number of nitrogens with zero attached hydrogens (tertiary/aromatic N) is 1. The van der Waals surface area contributed by atoms with E-state index < -0.39 is 17.2 Å². The number of H-pyrrole nitrogens is 2. The normalized spacial score (nSPS) is 11.3. The number of esters is 1. The molecule has 0 saturated carbocycles. The van der Waals surface area contributed by atoms with Crippen LogP contribution in [-0.4, -0.2) is 32.2 Å². The van der Waals surface area contributed by atoms with E-state index in [9.17, 15) is 19.5 Å². The Bertz CT molecular complexity index is 1500. The van der Waals surface area contributed by atoms with Crippen LogP contribution in [0.1, 0.15) is 33.3 Å². The molecule has 0 aliphatic rings. The van der Waals surface area contributed by atoms with Crippen molar-refractivity contribution in [1.82, 2.24) is 14.5 Å². The molecule has 1 aromatic carbocycles. The molecule has 3 heterocycles. The number of ether oxygens (including phenoxy) is 1. The second-order valence-electron chi connectivity index (χ2n) is 7.65. The SMILES string of the molecule is CCOC(=O)c1c(C)sc(-c2c(-c3ccc(C)c(C)c3)[nH]c3c2c(=O)[nH]c(=O)n3C)c1O. The molecule has 0 radical (unpaired) electrons. The minimum absolute atomic E-state index is 0.0773. The number of fused-ring (bicyclic) bond motifs is 1. The summed E-state index contributed by atoms with van der Waals surface area (Å²) in [6.45, 7) is 7.56. The van der Waals surface area contributed by atoms with Crippen molar-refractivity contribution in [1.29, 1.82) is 0 Å². The summed E-state index contributed by atoms with van der Waals surface area (Å²) in [4.78, 5) is 44.0. The maximum Gasteiger partial charge on any atom is 0.343 e. The van der Waals surface area contributed by atoms with Gasteiger partial charge in [-0.25, -0.2) is 9.59 Å². The lowest BCUT2D eigenvalue weighted by atomic mass is 10.00. The molecule has 166 valence electrons. The van der Waals surface area contributed by atoms with Gasteiger partial charge < -0.3 is 14.8 Å². The van der Waals surface area contributed by atoms with E-state index in [1.807, 2.05) is 32.0 Å². The van der Waals surface area contributed by atoms with Crippen molar-refractivity contribution in [3.63, 3.8) is 0 Å². The topological polar surface area (TPSA) is 117 Å². The second kappa shape index (κ2) is 7.83. The Kier molecular flexibility index (Phi) is 5.29. The number of hydrogen-bond donors (Lipinski definition) is 3. The zero-order valence-corrected chi connectivity index (χ0v) is 19.2. The Hall–Kier alpha value is -3.59. The first-order chi connectivity index (χ1) is 15.1. The average molecular weight is 454 g/mol. The first-order valence-corrected chi connectivity index (χ1v) is 10.9. The van der Waals surface area contributed by atoms with Gasteiger partial charge in [0.2, 0.25) is 0 Å². The third-order valence-electron chi connectivity index (χ3n) is 5.63. The molecule has 3 N–H and O–H groups in total. The number of carbonyl (C=O) groups excluding carboxylic acids is 1. The van der Waals surface area contributed by atoms with Crippen molar-refractivity contribution in [2.75, 3.05) is 6.61 Å². The molecule has 8 nitrogen and oxygen atoms in total. The van der Waals surface area contributed by atoms with Gasteiger partial charge in [-0.15, -0.1) is 11.3 Å². The Morgan fingerprint density at radius 3 is 2.53 bits per heavy atom. The van der Waals surface area contributed by atoms with Gasteiger partial charge in [-0.05, 0) is 50.5 Å². The maximum absolute atomic E-state index is 12.9. The van der Waals surface area contributed by atoms with Crippen molar-refractivity contribution in [2.24, 2.45) is 7.05 Å². The predicted molar refractivity (Wildman–Crippen MR) is 125 cm³/mol. The third-order valence-corrected chi connectivity index (χ3v) is 6.74. The van der Waals surface area contributed by atoms with Crippen LogP contribution < -0.4 is 11.2 Å². The van der Waals surface area contributed by atoms with E-state index >= 15 is 0 Å². The molecule has 0 saturated heterocycles. The number of thiophene rings is 1. The quantitative estimate of drug-likeness (QED) is 0.407. The Balaban J connectivity index is 2.13. The van der Waals surface area contributed by atoms with E-state index in [-0.39, 0.29) is 23.3 Å². The number of hydrogen-bond acceptors (Lipinski definition) is 6. The first kappa shape index (κ1) is 21.6. The number of aryl methyl sites for hydroxylation is 4. The number of carbonyl (C=O) groups is 1. The smallest absolute Gasteiger partial charge is 0.343 e. The summed E-state index contributed by atoms with van der Waals surface area (Å²) in [6, 6.07) is 5.85. The molecule has 0 aliphatic carbocycles. The van der Waals surface area contributed by atoms with Crippen LogP contribution in [0.3, 0.4) is 0 Å². The van der Waals surface area contributed by atoms with Crippen LogP contribution in [0.2, 0.25) is 0 Å². The van der Waals surface area contributed by atoms with Crippen molar-refractivity contribution < 1.29 is 14.6 Å². The van der Waals surface area contributed by atoms with Crippen molar-refractivity contribution in [2.45, 2.75) is 27.7 Å². The van der Waals surface area contributed by atoms with Gasteiger partial charge in [-0.2, -0.15) is 0 Å². The fraction of sp³-hybridized carbons (Fsp3) is 0.261. The van der Waals surface area contributed by atoms with E-state index in [0.29, 0.717) is 26.7 Å². The van der Waals surface area contributed by atoms with Gasteiger partial charge in [-0.1, -0.05) is 12.1 Å². The van der Waals surface area contributed by atoms with Crippen LogP contribution in [0.5, 0.6) is 5.75 Å². The zero-order chi connectivity index (χ0) is 23.3. The van der Waals surface area contributed by atoms with Gasteiger partial charge in [0.05, 0.1) is 22.6 Å². The van der Waals surface area contributed by atoms with E-state index in [1.165, 1.54) is 15.9 Å². The van der Waals surface area contributed by atoms with E-state index in [2.05, 4.69) is 9.97 Å². The summed E-state index contributed by atoms with van der Waals surface area (Å²) in [7, 11) is 1.55. The van der Waals surface area contributed by atoms with Crippen LogP contribution in [0.4, 0.5) is 0 Å². The summed E-state index contributed by atoms with van der Waals surface area (Å²) in [5, 5.41) is 11.3. The number of nitrogens with one attached hydrogen (secondary N) is 2. The number of aromatic amines is 2. The zero-order valence-electron chi connectivity index (χ0n) is 18.4. The Morgan fingerprint density at radius 2 is 1.88 bits per heavy atom. The van der Waals surface area contributed by atoms with Crippen LogP contribution >= 0.6 is 11.3 Å². The van der Waals surface area contributed by atoms with Crippen LogP contribution in [0.25, 0.3) is 32.7 Å². The lowest BCUT2D eigenvalue weighted by Crippen LogP contribution is -2.28. The van der Waals surface area contributed by atoms with Gasteiger partial charge in [-0.3, -0.25) is 14.3 Å². The molecule has 3 aromatic heterocycles. The monoisotopic (exact) mass is 453 g/mol. The van der Waals surface area contributed by atoms with Gasteiger partial charge in [0.25, 0.3) is 5.56 Å². The second-order valence-corrected chi connectivity index (χ2v) is 8.87. The average Bonchev–Trinajstić information content (AvgIpc) is 3.26. The molecular formula is C23H23N3O5S. The highest BCUT2D eigenvalue weighted by molar-refractivity contribution is 7.16. The molecule has 4 aromatic rings. The maximum atomic E-state index is 12.9. The minimum atomic E-state index is -0.626. The third kappa shape index (κ3) is 3.25. The Morgan fingerprint density at radius 1 is 1.16 bits per heavy atom. The highest BCUT2D eigenvalue weighted by Crippen LogP contribution is 2.47. The first-order valence-electron chi connectivity index (χ1n) is 10.1. The fourth-order valence-electron chi connectivity index (χ4n) is 3.79. The largest absolute Gasteiger partial charge is 0.505 e. The van der Waals surface area contributed by atoms with Crippen molar-refractivity contribution in [3.05, 3.63) is 60.6 Å². The molecule has 4 rings (SSSR count). The van der Waals surface area contributed by atoms with E-state index in [4.69, 9.17) is 4.74 Å². The van der Waals surface area contributed by atoms with Crippen LogP contribution in [0, 0.1) is 20.8 Å². The van der Waals surface area contributed by atoms with Crippen molar-refractivity contribution in [3.8, 4) is 27.4 Å². The van der Waals surface area contributed by atoms with Gasteiger partial charge in [0.1, 0.15) is 17.0 Å². The highest BCUT2D eigenvalue weighted by atomic mass is 32.1. The summed E-state index contributed by atoms with van der Waals surface area (Å²) in [5.41, 5.74) is 3.22.